The molecule has 92 valence electrons. The standard InChI is InChI=1S/C12H7BrFNO3/c13-9-5-7(14)1-2-11(9)18-8-3-4-15-10(6-8)12(16)17/h1-6H,(H,16,17). The molecule has 0 saturated carbocycles. The quantitative estimate of drug-likeness (QED) is 0.943. The monoisotopic (exact) mass is 311 g/mol. The highest BCUT2D eigenvalue weighted by molar-refractivity contribution is 9.10. The Kier molecular flexibility index (Phi) is 3.57. The summed E-state index contributed by atoms with van der Waals surface area (Å²) in [5.74, 6) is -0.831. The van der Waals surface area contributed by atoms with Crippen molar-refractivity contribution in [3.8, 4) is 11.5 Å². The molecular weight excluding hydrogens is 305 g/mol. The maximum absolute atomic E-state index is 12.9. The lowest BCUT2D eigenvalue weighted by Crippen LogP contribution is -1.99. The van der Waals surface area contributed by atoms with Crippen LogP contribution in [0.1, 0.15) is 10.5 Å². The van der Waals surface area contributed by atoms with Crippen molar-refractivity contribution in [3.05, 3.63) is 52.5 Å². The van der Waals surface area contributed by atoms with Gasteiger partial charge in [-0.3, -0.25) is 0 Å². The van der Waals surface area contributed by atoms with Gasteiger partial charge in [0.05, 0.1) is 4.47 Å². The Balaban J connectivity index is 2.28. The molecule has 2 rings (SSSR count). The van der Waals surface area contributed by atoms with Crippen molar-refractivity contribution in [2.24, 2.45) is 0 Å². The minimum absolute atomic E-state index is 0.120. The summed E-state index contributed by atoms with van der Waals surface area (Å²) in [7, 11) is 0. The van der Waals surface area contributed by atoms with Gasteiger partial charge in [-0.25, -0.2) is 14.2 Å². The third-order valence-corrected chi connectivity index (χ3v) is 2.69. The number of pyridine rings is 1. The van der Waals surface area contributed by atoms with Crippen LogP contribution in [0.15, 0.2) is 41.0 Å². The molecule has 4 nitrogen and oxygen atoms in total. The minimum atomic E-state index is -1.14. The van der Waals surface area contributed by atoms with Crippen LogP contribution in [-0.4, -0.2) is 16.1 Å². The molecule has 0 unspecified atom stereocenters. The number of aromatic nitrogens is 1. The van der Waals surface area contributed by atoms with Gasteiger partial charge in [0.2, 0.25) is 0 Å². The van der Waals surface area contributed by atoms with Crippen molar-refractivity contribution < 1.29 is 19.0 Å². The Hall–Kier alpha value is -1.95. The molecule has 0 aliphatic rings. The Morgan fingerprint density at radius 1 is 1.33 bits per heavy atom. The summed E-state index contributed by atoms with van der Waals surface area (Å²) < 4.78 is 18.8. The molecule has 0 radical (unpaired) electrons. The van der Waals surface area contributed by atoms with E-state index in [0.717, 1.165) is 0 Å². The van der Waals surface area contributed by atoms with Gasteiger partial charge in [0.25, 0.3) is 0 Å². The van der Waals surface area contributed by atoms with E-state index < -0.39 is 11.8 Å². The number of carbonyl (C=O) groups is 1. The smallest absolute Gasteiger partial charge is 0.354 e. The molecule has 0 aliphatic carbocycles. The van der Waals surface area contributed by atoms with Gasteiger partial charge in [-0.2, -0.15) is 0 Å². The maximum Gasteiger partial charge on any atom is 0.354 e. The molecule has 1 heterocycles. The lowest BCUT2D eigenvalue weighted by atomic mass is 10.3. The summed E-state index contributed by atoms with van der Waals surface area (Å²) >= 11 is 3.16. The average Bonchev–Trinajstić information content (AvgIpc) is 2.33. The molecule has 2 aromatic rings. The predicted molar refractivity (Wildman–Crippen MR) is 65.4 cm³/mol. The lowest BCUT2D eigenvalue weighted by Gasteiger charge is -2.07. The normalized spacial score (nSPS) is 10.1. The zero-order valence-corrected chi connectivity index (χ0v) is 10.5. The number of nitrogens with zero attached hydrogens (tertiary/aromatic N) is 1. The van der Waals surface area contributed by atoms with Crippen molar-refractivity contribution in [1.29, 1.82) is 0 Å². The molecule has 18 heavy (non-hydrogen) atoms. The molecule has 1 aromatic carbocycles. The molecule has 0 aliphatic heterocycles. The van der Waals surface area contributed by atoms with Crippen LogP contribution in [0.2, 0.25) is 0 Å². The van der Waals surface area contributed by atoms with Gasteiger partial charge in [0.1, 0.15) is 17.3 Å². The maximum atomic E-state index is 12.9. The minimum Gasteiger partial charge on any atom is -0.477 e. The van der Waals surface area contributed by atoms with Crippen molar-refractivity contribution in [2.45, 2.75) is 0 Å². The number of benzene rings is 1. The molecule has 6 heteroatoms. The van der Waals surface area contributed by atoms with E-state index in [1.807, 2.05) is 0 Å². The van der Waals surface area contributed by atoms with Gasteiger partial charge in [-0.05, 0) is 40.2 Å². The topological polar surface area (TPSA) is 59.4 Å². The molecule has 0 fully saturated rings. The molecule has 1 aromatic heterocycles. The predicted octanol–water partition coefficient (Wildman–Crippen LogP) is 3.47. The van der Waals surface area contributed by atoms with E-state index >= 15 is 0 Å². The number of hydrogen-bond acceptors (Lipinski definition) is 3. The summed E-state index contributed by atoms with van der Waals surface area (Å²) in [5, 5.41) is 8.79. The third-order valence-electron chi connectivity index (χ3n) is 2.07. The van der Waals surface area contributed by atoms with Gasteiger partial charge in [0.15, 0.2) is 5.69 Å². The highest BCUT2D eigenvalue weighted by Crippen LogP contribution is 2.30. The second-order valence-electron chi connectivity index (χ2n) is 3.36. The number of rotatable bonds is 3. The van der Waals surface area contributed by atoms with Gasteiger partial charge < -0.3 is 9.84 Å². The Bertz CT molecular complexity index is 604. The Morgan fingerprint density at radius 2 is 2.11 bits per heavy atom. The van der Waals surface area contributed by atoms with Gasteiger partial charge in [-0.1, -0.05) is 0 Å². The summed E-state index contributed by atoms with van der Waals surface area (Å²) in [5.41, 5.74) is -0.120. The summed E-state index contributed by atoms with van der Waals surface area (Å²) in [6, 6.07) is 6.76. The van der Waals surface area contributed by atoms with Crippen molar-refractivity contribution in [1.82, 2.24) is 4.98 Å². The van der Waals surface area contributed by atoms with Gasteiger partial charge >= 0.3 is 5.97 Å². The van der Waals surface area contributed by atoms with E-state index in [1.165, 1.54) is 36.5 Å². The van der Waals surface area contributed by atoms with Crippen LogP contribution >= 0.6 is 15.9 Å². The highest BCUT2D eigenvalue weighted by atomic mass is 79.9. The Morgan fingerprint density at radius 3 is 2.78 bits per heavy atom. The molecule has 0 spiro atoms. The van der Waals surface area contributed by atoms with Crippen LogP contribution in [0.3, 0.4) is 0 Å². The van der Waals surface area contributed by atoms with Crippen LogP contribution < -0.4 is 4.74 Å². The number of carboxylic acid groups (broad SMARTS) is 1. The zero-order chi connectivity index (χ0) is 13.1. The molecule has 1 N–H and O–H groups in total. The number of halogens is 2. The molecule has 0 amide bonds. The van der Waals surface area contributed by atoms with E-state index in [-0.39, 0.29) is 5.69 Å². The van der Waals surface area contributed by atoms with Crippen LogP contribution in [0.25, 0.3) is 0 Å². The van der Waals surface area contributed by atoms with E-state index in [9.17, 15) is 9.18 Å². The first-order chi connectivity index (χ1) is 8.56. The lowest BCUT2D eigenvalue weighted by molar-refractivity contribution is 0.0690. The average molecular weight is 312 g/mol. The summed E-state index contributed by atoms with van der Waals surface area (Å²) in [6.45, 7) is 0. The van der Waals surface area contributed by atoms with Crippen molar-refractivity contribution in [3.63, 3.8) is 0 Å². The first kappa shape index (κ1) is 12.5. The fourth-order valence-electron chi connectivity index (χ4n) is 1.28. The van der Waals surface area contributed by atoms with E-state index in [2.05, 4.69) is 20.9 Å². The SMILES string of the molecule is O=C(O)c1cc(Oc2ccc(F)cc2Br)ccn1. The van der Waals surface area contributed by atoms with E-state index in [4.69, 9.17) is 9.84 Å². The van der Waals surface area contributed by atoms with E-state index in [0.29, 0.717) is 16.0 Å². The van der Waals surface area contributed by atoms with Crippen LogP contribution in [0, 0.1) is 5.82 Å². The number of carboxylic acids is 1. The Labute approximate surface area is 110 Å². The van der Waals surface area contributed by atoms with Crippen LogP contribution in [-0.2, 0) is 0 Å². The van der Waals surface area contributed by atoms with Crippen LogP contribution in [0.5, 0.6) is 11.5 Å². The molecule has 0 atom stereocenters. The number of ether oxygens (including phenoxy) is 1. The van der Waals surface area contributed by atoms with Crippen molar-refractivity contribution >= 4 is 21.9 Å². The fraction of sp³-hybridized carbons (Fsp3) is 0. The number of hydrogen-bond donors (Lipinski definition) is 1. The zero-order valence-electron chi connectivity index (χ0n) is 8.93. The molecule has 0 bridgehead atoms. The highest BCUT2D eigenvalue weighted by Gasteiger charge is 2.08. The summed E-state index contributed by atoms with van der Waals surface area (Å²) in [6.07, 6.45) is 1.33. The van der Waals surface area contributed by atoms with Gasteiger partial charge in [0, 0.05) is 12.3 Å². The first-order valence-corrected chi connectivity index (χ1v) is 5.68. The largest absolute Gasteiger partial charge is 0.477 e. The van der Waals surface area contributed by atoms with Gasteiger partial charge in [-0.15, -0.1) is 0 Å². The number of aromatic carboxylic acids is 1. The van der Waals surface area contributed by atoms with E-state index in [1.54, 1.807) is 0 Å². The van der Waals surface area contributed by atoms with Crippen LogP contribution in [0.4, 0.5) is 4.39 Å². The third kappa shape index (κ3) is 2.84. The molecule has 0 saturated heterocycles. The first-order valence-electron chi connectivity index (χ1n) is 4.88. The van der Waals surface area contributed by atoms with Crippen molar-refractivity contribution in [2.75, 3.05) is 0 Å². The second-order valence-corrected chi connectivity index (χ2v) is 4.21. The second kappa shape index (κ2) is 5.14. The summed E-state index contributed by atoms with van der Waals surface area (Å²) in [4.78, 5) is 14.4. The fourth-order valence-corrected chi connectivity index (χ4v) is 1.71. The molecular formula is C12H7BrFNO3.